The first-order chi connectivity index (χ1) is 15.4. The molecule has 0 aliphatic carbocycles. The SMILES string of the molecule is CCO[C@H](/C=C/C(=O)O)[C@H](OC(=O)NC(=O)c1ccccc1)c1cccc(OCCO)c1. The number of hydrogen-bond donors (Lipinski definition) is 3. The van der Waals surface area contributed by atoms with Crippen molar-refractivity contribution in [2.75, 3.05) is 19.8 Å². The number of rotatable bonds is 11. The number of ether oxygens (including phenoxy) is 3. The van der Waals surface area contributed by atoms with Crippen LogP contribution in [0.5, 0.6) is 5.75 Å². The molecule has 0 radical (unpaired) electrons. The summed E-state index contributed by atoms with van der Waals surface area (Å²) in [4.78, 5) is 35.8. The van der Waals surface area contributed by atoms with E-state index in [0.717, 1.165) is 6.08 Å². The highest BCUT2D eigenvalue weighted by Gasteiger charge is 2.27. The van der Waals surface area contributed by atoms with Gasteiger partial charge in [-0.3, -0.25) is 10.1 Å². The standard InChI is InChI=1S/C23H25NO8/c1-2-30-19(11-12-20(26)27)21(17-9-6-10-18(15-17)31-14-13-25)32-23(29)24-22(28)16-7-4-3-5-8-16/h3-12,15,19,21,25H,2,13-14H2,1H3,(H,26,27)(H,24,28,29)/b12-11+/t19-,21-/m1/s1. The van der Waals surface area contributed by atoms with Crippen LogP contribution in [0.3, 0.4) is 0 Å². The molecule has 2 aromatic rings. The van der Waals surface area contributed by atoms with E-state index < -0.39 is 30.2 Å². The van der Waals surface area contributed by atoms with Crippen LogP contribution in [0.25, 0.3) is 0 Å². The van der Waals surface area contributed by atoms with Crippen LogP contribution in [-0.4, -0.2) is 54.1 Å². The fourth-order valence-electron chi connectivity index (χ4n) is 2.78. The Morgan fingerprint density at radius 2 is 1.84 bits per heavy atom. The van der Waals surface area contributed by atoms with E-state index in [4.69, 9.17) is 24.4 Å². The van der Waals surface area contributed by atoms with Crippen LogP contribution >= 0.6 is 0 Å². The number of nitrogens with one attached hydrogen (secondary N) is 1. The van der Waals surface area contributed by atoms with E-state index in [1.165, 1.54) is 6.08 Å². The highest BCUT2D eigenvalue weighted by molar-refractivity contribution is 6.02. The molecular weight excluding hydrogens is 418 g/mol. The second kappa shape index (κ2) is 12.9. The number of carboxylic acids is 1. The van der Waals surface area contributed by atoms with E-state index in [1.807, 2.05) is 0 Å². The number of aliphatic carboxylic acids is 1. The minimum absolute atomic E-state index is 0.0643. The normalized spacial score (nSPS) is 12.7. The van der Waals surface area contributed by atoms with Crippen molar-refractivity contribution in [1.29, 1.82) is 0 Å². The molecule has 0 aromatic heterocycles. The van der Waals surface area contributed by atoms with Crippen molar-refractivity contribution in [1.82, 2.24) is 5.32 Å². The Morgan fingerprint density at radius 1 is 1.09 bits per heavy atom. The number of carbonyl (C=O) groups excluding carboxylic acids is 2. The van der Waals surface area contributed by atoms with E-state index >= 15 is 0 Å². The number of benzene rings is 2. The van der Waals surface area contributed by atoms with Crippen LogP contribution in [0, 0.1) is 0 Å². The Labute approximate surface area is 185 Å². The molecule has 0 unspecified atom stereocenters. The van der Waals surface area contributed by atoms with Gasteiger partial charge in [-0.25, -0.2) is 9.59 Å². The van der Waals surface area contributed by atoms with Gasteiger partial charge in [0.25, 0.3) is 5.91 Å². The Kier molecular flexibility index (Phi) is 9.89. The van der Waals surface area contributed by atoms with Crippen molar-refractivity contribution in [2.45, 2.75) is 19.1 Å². The third-order valence-electron chi connectivity index (χ3n) is 4.12. The first kappa shape index (κ1) is 24.6. The molecule has 170 valence electrons. The van der Waals surface area contributed by atoms with Crippen molar-refractivity contribution in [3.8, 4) is 5.75 Å². The Morgan fingerprint density at radius 3 is 2.50 bits per heavy atom. The van der Waals surface area contributed by atoms with Crippen molar-refractivity contribution in [2.24, 2.45) is 0 Å². The summed E-state index contributed by atoms with van der Waals surface area (Å²) in [5.74, 6) is -1.44. The fraction of sp³-hybridized carbons (Fsp3) is 0.261. The van der Waals surface area contributed by atoms with E-state index in [1.54, 1.807) is 61.5 Å². The molecule has 0 aliphatic rings. The average Bonchev–Trinajstić information content (AvgIpc) is 2.79. The fourth-order valence-corrected chi connectivity index (χ4v) is 2.78. The molecule has 0 saturated carbocycles. The zero-order chi connectivity index (χ0) is 23.3. The van der Waals surface area contributed by atoms with Crippen molar-refractivity contribution in [3.63, 3.8) is 0 Å². The van der Waals surface area contributed by atoms with Gasteiger partial charge in [0, 0.05) is 18.2 Å². The Balaban J connectivity index is 2.29. The second-order valence-corrected chi connectivity index (χ2v) is 6.41. The molecule has 0 fully saturated rings. The molecule has 3 N–H and O–H groups in total. The average molecular weight is 443 g/mol. The number of hydrogen-bond acceptors (Lipinski definition) is 7. The summed E-state index contributed by atoms with van der Waals surface area (Å²) < 4.78 is 16.5. The van der Waals surface area contributed by atoms with E-state index in [0.29, 0.717) is 11.3 Å². The summed E-state index contributed by atoms with van der Waals surface area (Å²) in [6.07, 6.45) is -0.938. The molecule has 0 aliphatic heterocycles. The predicted molar refractivity (Wildman–Crippen MR) is 114 cm³/mol. The molecule has 0 heterocycles. The molecule has 2 amide bonds. The Bertz CT molecular complexity index is 929. The van der Waals surface area contributed by atoms with Gasteiger partial charge in [-0.05, 0) is 42.8 Å². The Hall–Kier alpha value is -3.69. The monoisotopic (exact) mass is 443 g/mol. The molecule has 2 aromatic carbocycles. The van der Waals surface area contributed by atoms with Crippen LogP contribution in [0.2, 0.25) is 0 Å². The number of aliphatic hydroxyl groups is 1. The number of alkyl carbamates (subject to hydrolysis) is 1. The minimum atomic E-state index is -1.20. The first-order valence-corrected chi connectivity index (χ1v) is 9.88. The van der Waals surface area contributed by atoms with Gasteiger partial charge in [-0.15, -0.1) is 0 Å². The van der Waals surface area contributed by atoms with Gasteiger partial charge >= 0.3 is 12.1 Å². The third kappa shape index (κ3) is 7.86. The number of carbonyl (C=O) groups is 3. The van der Waals surface area contributed by atoms with Gasteiger partial charge < -0.3 is 24.4 Å². The van der Waals surface area contributed by atoms with Gasteiger partial charge in [0.05, 0.1) is 6.61 Å². The predicted octanol–water partition coefficient (Wildman–Crippen LogP) is 2.71. The molecule has 0 saturated heterocycles. The summed E-state index contributed by atoms with van der Waals surface area (Å²) in [5.41, 5.74) is 0.712. The zero-order valence-electron chi connectivity index (χ0n) is 17.5. The second-order valence-electron chi connectivity index (χ2n) is 6.41. The highest BCUT2D eigenvalue weighted by atomic mass is 16.6. The summed E-state index contributed by atoms with van der Waals surface area (Å²) in [5, 5.41) is 20.1. The van der Waals surface area contributed by atoms with Crippen LogP contribution in [0.1, 0.15) is 28.9 Å². The number of carboxylic acid groups (broad SMARTS) is 1. The summed E-state index contributed by atoms with van der Waals surface area (Å²) in [7, 11) is 0. The molecule has 9 heteroatoms. The van der Waals surface area contributed by atoms with Gasteiger partial charge in [0.1, 0.15) is 18.5 Å². The maximum atomic E-state index is 12.5. The number of imide groups is 1. The quantitative estimate of drug-likeness (QED) is 0.452. The molecule has 2 atom stereocenters. The van der Waals surface area contributed by atoms with E-state index in [2.05, 4.69) is 5.32 Å². The van der Waals surface area contributed by atoms with Crippen molar-refractivity contribution in [3.05, 3.63) is 77.9 Å². The lowest BCUT2D eigenvalue weighted by Crippen LogP contribution is -2.35. The van der Waals surface area contributed by atoms with Crippen molar-refractivity contribution < 1.29 is 38.8 Å². The largest absolute Gasteiger partial charge is 0.491 e. The van der Waals surface area contributed by atoms with E-state index in [9.17, 15) is 14.4 Å². The highest BCUT2D eigenvalue weighted by Crippen LogP contribution is 2.28. The third-order valence-corrected chi connectivity index (χ3v) is 4.12. The first-order valence-electron chi connectivity index (χ1n) is 9.88. The van der Waals surface area contributed by atoms with Crippen LogP contribution in [-0.2, 0) is 14.3 Å². The molecular formula is C23H25NO8. The number of aliphatic hydroxyl groups excluding tert-OH is 1. The van der Waals surface area contributed by atoms with Gasteiger partial charge in [0.2, 0.25) is 0 Å². The smallest absolute Gasteiger partial charge is 0.414 e. The van der Waals surface area contributed by atoms with Gasteiger partial charge in [-0.1, -0.05) is 30.3 Å². The molecule has 9 nitrogen and oxygen atoms in total. The lowest BCUT2D eigenvalue weighted by atomic mass is 10.0. The lowest BCUT2D eigenvalue weighted by Gasteiger charge is -2.25. The summed E-state index contributed by atoms with van der Waals surface area (Å²) in [6.45, 7) is 1.80. The summed E-state index contributed by atoms with van der Waals surface area (Å²) >= 11 is 0. The zero-order valence-corrected chi connectivity index (χ0v) is 17.5. The van der Waals surface area contributed by atoms with Crippen molar-refractivity contribution >= 4 is 18.0 Å². The van der Waals surface area contributed by atoms with Crippen LogP contribution in [0.4, 0.5) is 4.79 Å². The minimum Gasteiger partial charge on any atom is -0.491 e. The molecule has 0 bridgehead atoms. The number of amides is 2. The topological polar surface area (TPSA) is 131 Å². The maximum Gasteiger partial charge on any atom is 0.414 e. The molecule has 0 spiro atoms. The van der Waals surface area contributed by atoms with Gasteiger partial charge in [-0.2, -0.15) is 0 Å². The lowest BCUT2D eigenvalue weighted by molar-refractivity contribution is -0.131. The van der Waals surface area contributed by atoms with Crippen LogP contribution in [0.15, 0.2) is 66.7 Å². The van der Waals surface area contributed by atoms with Gasteiger partial charge in [0.15, 0.2) is 6.10 Å². The van der Waals surface area contributed by atoms with E-state index in [-0.39, 0.29) is 25.4 Å². The van der Waals surface area contributed by atoms with Crippen LogP contribution < -0.4 is 10.1 Å². The summed E-state index contributed by atoms with van der Waals surface area (Å²) in [6, 6.07) is 14.6. The molecule has 2 rings (SSSR count). The maximum absolute atomic E-state index is 12.5. The molecule has 32 heavy (non-hydrogen) atoms.